The molecule has 7 nitrogen and oxygen atoms in total. The number of carbonyl (C=O) groups excluding carboxylic acids is 2. The molecule has 0 saturated carbocycles. The van der Waals surface area contributed by atoms with E-state index in [2.05, 4.69) is 10.5 Å². The van der Waals surface area contributed by atoms with E-state index in [-0.39, 0.29) is 6.61 Å². The number of hydrogen-bond acceptors (Lipinski definition) is 5. The molecule has 0 aromatic heterocycles. The molecular formula is C18H25N3O4. The van der Waals surface area contributed by atoms with E-state index in [9.17, 15) is 9.59 Å². The summed E-state index contributed by atoms with van der Waals surface area (Å²) < 4.78 is 11.0. The van der Waals surface area contributed by atoms with Gasteiger partial charge in [0.25, 0.3) is 5.91 Å². The van der Waals surface area contributed by atoms with E-state index in [1.54, 1.807) is 34.6 Å². The normalized spacial score (nSPS) is 19.9. The molecule has 7 heteroatoms. The SMILES string of the molecule is CC(C)(C)OC(=O)N1C(C(=O)N/N=C/c2ccccc2)COC1(C)C. The maximum atomic E-state index is 12.5. The summed E-state index contributed by atoms with van der Waals surface area (Å²) in [6.07, 6.45) is 0.943. The van der Waals surface area contributed by atoms with E-state index < -0.39 is 29.4 Å². The Hall–Kier alpha value is -2.41. The van der Waals surface area contributed by atoms with E-state index in [1.807, 2.05) is 30.3 Å². The van der Waals surface area contributed by atoms with Gasteiger partial charge in [-0.15, -0.1) is 0 Å². The van der Waals surface area contributed by atoms with Crippen molar-refractivity contribution in [2.45, 2.75) is 52.0 Å². The zero-order valence-electron chi connectivity index (χ0n) is 15.3. The Kier molecular flexibility index (Phi) is 5.47. The van der Waals surface area contributed by atoms with Gasteiger partial charge in [0.2, 0.25) is 0 Å². The Balaban J connectivity index is 2.06. The molecule has 25 heavy (non-hydrogen) atoms. The molecule has 0 aliphatic carbocycles. The number of hydrogen-bond donors (Lipinski definition) is 1. The lowest BCUT2D eigenvalue weighted by Gasteiger charge is -2.34. The highest BCUT2D eigenvalue weighted by molar-refractivity contribution is 5.88. The van der Waals surface area contributed by atoms with Gasteiger partial charge < -0.3 is 9.47 Å². The molecule has 2 rings (SSSR count). The van der Waals surface area contributed by atoms with Crippen LogP contribution in [0.1, 0.15) is 40.2 Å². The van der Waals surface area contributed by atoms with Crippen LogP contribution < -0.4 is 5.43 Å². The second kappa shape index (κ2) is 7.23. The van der Waals surface area contributed by atoms with Gasteiger partial charge in [0.1, 0.15) is 17.4 Å². The Labute approximate surface area is 148 Å². The molecule has 1 saturated heterocycles. The minimum atomic E-state index is -0.937. The maximum absolute atomic E-state index is 12.5. The molecule has 1 aromatic rings. The molecule has 1 fully saturated rings. The number of hydrazone groups is 1. The lowest BCUT2D eigenvalue weighted by Crippen LogP contribution is -2.54. The summed E-state index contributed by atoms with van der Waals surface area (Å²) in [6.45, 7) is 8.84. The third-order valence-corrected chi connectivity index (χ3v) is 3.57. The van der Waals surface area contributed by atoms with E-state index in [0.29, 0.717) is 0 Å². The summed E-state index contributed by atoms with van der Waals surface area (Å²) in [6, 6.07) is 8.57. The van der Waals surface area contributed by atoms with Gasteiger partial charge in [0.15, 0.2) is 0 Å². The molecule has 1 aromatic carbocycles. The number of ether oxygens (including phenoxy) is 2. The number of rotatable bonds is 3. The van der Waals surface area contributed by atoms with Crippen molar-refractivity contribution in [3.05, 3.63) is 35.9 Å². The molecule has 1 unspecified atom stereocenters. The molecule has 1 heterocycles. The molecule has 2 amide bonds. The number of benzene rings is 1. The first-order chi connectivity index (χ1) is 11.6. The van der Waals surface area contributed by atoms with Crippen LogP contribution in [0.4, 0.5) is 4.79 Å². The maximum Gasteiger partial charge on any atom is 0.413 e. The molecule has 1 N–H and O–H groups in total. The molecule has 0 spiro atoms. The number of amides is 2. The summed E-state index contributed by atoms with van der Waals surface area (Å²) in [5.41, 5.74) is 1.71. The number of carbonyl (C=O) groups is 2. The third kappa shape index (κ3) is 5.03. The van der Waals surface area contributed by atoms with Crippen molar-refractivity contribution in [1.29, 1.82) is 0 Å². The van der Waals surface area contributed by atoms with E-state index >= 15 is 0 Å². The van der Waals surface area contributed by atoms with E-state index in [0.717, 1.165) is 5.56 Å². The highest BCUT2D eigenvalue weighted by Crippen LogP contribution is 2.29. The fraction of sp³-hybridized carbons (Fsp3) is 0.500. The van der Waals surface area contributed by atoms with E-state index in [4.69, 9.17) is 9.47 Å². The van der Waals surface area contributed by atoms with Crippen LogP contribution in [0.15, 0.2) is 35.4 Å². The fourth-order valence-electron chi connectivity index (χ4n) is 2.44. The molecule has 0 bridgehead atoms. The molecule has 1 aliphatic heterocycles. The van der Waals surface area contributed by atoms with Gasteiger partial charge >= 0.3 is 6.09 Å². The van der Waals surface area contributed by atoms with Gasteiger partial charge in [-0.25, -0.2) is 10.2 Å². The van der Waals surface area contributed by atoms with Crippen molar-refractivity contribution in [3.8, 4) is 0 Å². The molecular weight excluding hydrogens is 322 g/mol. The largest absolute Gasteiger partial charge is 0.444 e. The van der Waals surface area contributed by atoms with Gasteiger partial charge in [-0.05, 0) is 40.2 Å². The first-order valence-corrected chi connectivity index (χ1v) is 8.14. The first-order valence-electron chi connectivity index (χ1n) is 8.14. The lowest BCUT2D eigenvalue weighted by molar-refractivity contribution is -0.126. The molecule has 136 valence electrons. The van der Waals surface area contributed by atoms with Crippen molar-refractivity contribution in [1.82, 2.24) is 10.3 Å². The number of nitrogens with one attached hydrogen (secondary N) is 1. The Morgan fingerprint density at radius 2 is 1.96 bits per heavy atom. The minimum absolute atomic E-state index is 0.0823. The van der Waals surface area contributed by atoms with Gasteiger partial charge in [-0.2, -0.15) is 5.10 Å². The second-order valence-electron chi connectivity index (χ2n) is 7.27. The van der Waals surface area contributed by atoms with Crippen molar-refractivity contribution in [2.75, 3.05) is 6.61 Å². The van der Waals surface area contributed by atoms with Crippen molar-refractivity contribution in [2.24, 2.45) is 5.10 Å². The average molecular weight is 347 g/mol. The van der Waals surface area contributed by atoms with Crippen LogP contribution in [0.5, 0.6) is 0 Å². The topological polar surface area (TPSA) is 80.2 Å². The molecule has 1 atom stereocenters. The summed E-state index contributed by atoms with van der Waals surface area (Å²) in [4.78, 5) is 26.3. The summed E-state index contributed by atoms with van der Waals surface area (Å²) in [5, 5.41) is 3.94. The second-order valence-corrected chi connectivity index (χ2v) is 7.27. The van der Waals surface area contributed by atoms with Crippen LogP contribution in [-0.4, -0.2) is 47.1 Å². The molecule has 1 aliphatic rings. The van der Waals surface area contributed by atoms with Crippen molar-refractivity contribution in [3.63, 3.8) is 0 Å². The standard InChI is InChI=1S/C18H25N3O4/c1-17(2,3)25-16(23)21-14(12-24-18(21,4)5)15(22)20-19-11-13-9-7-6-8-10-13/h6-11,14H,12H2,1-5H3,(H,20,22)/b19-11+. The van der Waals surface area contributed by atoms with Crippen LogP contribution in [0.25, 0.3) is 0 Å². The highest BCUT2D eigenvalue weighted by atomic mass is 16.6. The minimum Gasteiger partial charge on any atom is -0.444 e. The lowest BCUT2D eigenvalue weighted by atomic mass is 10.2. The van der Waals surface area contributed by atoms with Gasteiger partial charge in [-0.3, -0.25) is 9.69 Å². The summed E-state index contributed by atoms with van der Waals surface area (Å²) in [5.74, 6) is -0.427. The monoisotopic (exact) mass is 347 g/mol. The predicted octanol–water partition coefficient (Wildman–Crippen LogP) is 2.51. The van der Waals surface area contributed by atoms with Gasteiger partial charge in [-0.1, -0.05) is 30.3 Å². The fourth-order valence-corrected chi connectivity index (χ4v) is 2.44. The average Bonchev–Trinajstić information content (AvgIpc) is 2.82. The van der Waals surface area contributed by atoms with E-state index in [1.165, 1.54) is 11.1 Å². The summed E-state index contributed by atoms with van der Waals surface area (Å²) in [7, 11) is 0. The Bertz CT molecular complexity index is 650. The van der Waals surface area contributed by atoms with Crippen LogP contribution in [0, 0.1) is 0 Å². The van der Waals surface area contributed by atoms with Crippen molar-refractivity contribution < 1.29 is 19.1 Å². The van der Waals surface area contributed by atoms with Crippen LogP contribution in [0.2, 0.25) is 0 Å². The Morgan fingerprint density at radius 3 is 2.56 bits per heavy atom. The van der Waals surface area contributed by atoms with Crippen LogP contribution >= 0.6 is 0 Å². The highest BCUT2D eigenvalue weighted by Gasteiger charge is 2.48. The van der Waals surface area contributed by atoms with Crippen LogP contribution in [-0.2, 0) is 14.3 Å². The number of nitrogens with zero attached hydrogens (tertiary/aromatic N) is 2. The van der Waals surface area contributed by atoms with Gasteiger partial charge in [0, 0.05) is 0 Å². The zero-order chi connectivity index (χ0) is 18.7. The molecule has 0 radical (unpaired) electrons. The smallest absolute Gasteiger partial charge is 0.413 e. The predicted molar refractivity (Wildman–Crippen MR) is 94.1 cm³/mol. The summed E-state index contributed by atoms with van der Waals surface area (Å²) >= 11 is 0. The van der Waals surface area contributed by atoms with Gasteiger partial charge in [0.05, 0.1) is 12.8 Å². The quantitative estimate of drug-likeness (QED) is 0.673. The van der Waals surface area contributed by atoms with Crippen molar-refractivity contribution >= 4 is 18.2 Å². The zero-order valence-corrected chi connectivity index (χ0v) is 15.3. The van der Waals surface area contributed by atoms with Crippen LogP contribution in [0.3, 0.4) is 0 Å². The Morgan fingerprint density at radius 1 is 1.32 bits per heavy atom. The first kappa shape index (κ1) is 18.9. The third-order valence-electron chi connectivity index (χ3n) is 3.57.